The van der Waals surface area contributed by atoms with Crippen LogP contribution in [-0.4, -0.2) is 59.5 Å². The second-order valence-electron chi connectivity index (χ2n) is 10.4. The molecule has 1 aliphatic carbocycles. The maximum atomic E-state index is 13.1. The van der Waals surface area contributed by atoms with Gasteiger partial charge in [-0.3, -0.25) is 9.69 Å². The quantitative estimate of drug-likeness (QED) is 0.593. The van der Waals surface area contributed by atoms with E-state index >= 15 is 0 Å². The van der Waals surface area contributed by atoms with Crippen molar-refractivity contribution in [3.8, 4) is 0 Å². The van der Waals surface area contributed by atoms with Crippen LogP contribution in [-0.2, 0) is 15.7 Å². The first-order chi connectivity index (χ1) is 16.9. The van der Waals surface area contributed by atoms with E-state index < -0.39 is 11.7 Å². The van der Waals surface area contributed by atoms with Crippen LogP contribution in [0.15, 0.2) is 24.5 Å². The van der Waals surface area contributed by atoms with Crippen LogP contribution in [0.2, 0.25) is 0 Å². The standard InChI is InChI=1S/C26H33F3N4O2/c27-26(28,29)20-3-6-24-23(12-20)25(32-16-31-24)30-13-22(34)11-17-14-33(15-17)21-4-1-18(2-5-21)19-7-9-35-10-8-19/h3,6,12,16-19,21H,1-2,4-5,7-11,13-15H2,(H,30,31,32). The Morgan fingerprint density at radius 3 is 2.46 bits per heavy atom. The molecule has 0 radical (unpaired) electrons. The fourth-order valence-electron chi connectivity index (χ4n) is 6.11. The number of benzene rings is 1. The van der Waals surface area contributed by atoms with Gasteiger partial charge in [-0.05, 0) is 74.5 Å². The predicted molar refractivity (Wildman–Crippen MR) is 127 cm³/mol. The molecule has 190 valence electrons. The molecular formula is C26H33F3N4O2. The molecule has 3 fully saturated rings. The number of ether oxygens (including phenoxy) is 1. The summed E-state index contributed by atoms with van der Waals surface area (Å²) in [5, 5.41) is 3.20. The lowest BCUT2D eigenvalue weighted by atomic mass is 9.74. The van der Waals surface area contributed by atoms with Gasteiger partial charge < -0.3 is 10.1 Å². The van der Waals surface area contributed by atoms with Gasteiger partial charge in [-0.25, -0.2) is 9.97 Å². The van der Waals surface area contributed by atoms with Gasteiger partial charge in [-0.1, -0.05) is 0 Å². The Morgan fingerprint density at radius 2 is 1.74 bits per heavy atom. The minimum atomic E-state index is -4.45. The number of carbonyl (C=O) groups is 1. The number of carbonyl (C=O) groups excluding carboxylic acids is 1. The van der Waals surface area contributed by atoms with Crippen LogP contribution in [0.3, 0.4) is 0 Å². The number of aromatic nitrogens is 2. The molecule has 2 aromatic rings. The molecule has 0 bridgehead atoms. The predicted octanol–water partition coefficient (Wildman–Crippen LogP) is 4.94. The van der Waals surface area contributed by atoms with Crippen LogP contribution in [0.4, 0.5) is 19.0 Å². The average molecular weight is 491 g/mol. The molecule has 0 unspecified atom stereocenters. The molecule has 3 aliphatic rings. The molecule has 1 aromatic heterocycles. The van der Waals surface area contributed by atoms with Crippen LogP contribution in [0.25, 0.3) is 10.9 Å². The smallest absolute Gasteiger partial charge is 0.381 e. The lowest BCUT2D eigenvalue weighted by Gasteiger charge is -2.47. The third kappa shape index (κ3) is 5.77. The van der Waals surface area contributed by atoms with Crippen molar-refractivity contribution in [2.24, 2.45) is 17.8 Å². The number of nitrogens with zero attached hydrogens (tertiary/aromatic N) is 3. The maximum Gasteiger partial charge on any atom is 0.416 e. The highest BCUT2D eigenvalue weighted by Gasteiger charge is 2.37. The number of anilines is 1. The van der Waals surface area contributed by atoms with E-state index in [1.165, 1.54) is 50.9 Å². The number of Topliss-reactive ketones (excluding diaryl/α,β-unsaturated/α-hetero) is 1. The van der Waals surface area contributed by atoms with Crippen LogP contribution in [0.1, 0.15) is 50.5 Å². The van der Waals surface area contributed by atoms with Crippen molar-refractivity contribution in [3.05, 3.63) is 30.1 Å². The summed E-state index contributed by atoms with van der Waals surface area (Å²) < 4.78 is 44.8. The lowest BCUT2D eigenvalue weighted by molar-refractivity contribution is -0.137. The lowest BCUT2D eigenvalue weighted by Crippen LogP contribution is -2.53. The maximum absolute atomic E-state index is 13.1. The molecular weight excluding hydrogens is 457 g/mol. The first-order valence-electron chi connectivity index (χ1n) is 12.8. The number of hydrogen-bond acceptors (Lipinski definition) is 6. The second kappa shape index (κ2) is 10.4. The molecule has 5 rings (SSSR count). The molecule has 2 aliphatic heterocycles. The zero-order chi connectivity index (χ0) is 24.4. The molecule has 35 heavy (non-hydrogen) atoms. The van der Waals surface area contributed by atoms with E-state index in [1.807, 2.05) is 0 Å². The van der Waals surface area contributed by atoms with Crippen molar-refractivity contribution in [1.82, 2.24) is 14.9 Å². The summed E-state index contributed by atoms with van der Waals surface area (Å²) in [6, 6.07) is 4.00. The molecule has 1 aromatic carbocycles. The SMILES string of the molecule is O=C(CNc1ncnc2ccc(C(F)(F)F)cc12)CC1CN(C2CCC(C3CCOCC3)CC2)C1. The first-order valence-corrected chi connectivity index (χ1v) is 12.8. The Kier molecular flexibility index (Phi) is 7.25. The average Bonchev–Trinajstić information content (AvgIpc) is 2.84. The number of likely N-dealkylation sites (tertiary alicyclic amines) is 1. The summed E-state index contributed by atoms with van der Waals surface area (Å²) in [7, 11) is 0. The minimum Gasteiger partial charge on any atom is -0.381 e. The Hall–Kier alpha value is -2.26. The third-order valence-corrected chi connectivity index (χ3v) is 8.11. The van der Waals surface area contributed by atoms with Gasteiger partial charge in [-0.2, -0.15) is 13.2 Å². The van der Waals surface area contributed by atoms with E-state index in [4.69, 9.17) is 4.74 Å². The number of rotatable bonds is 7. The highest BCUT2D eigenvalue weighted by Crippen LogP contribution is 2.38. The molecule has 9 heteroatoms. The molecule has 3 heterocycles. The number of ketones is 1. The van der Waals surface area contributed by atoms with E-state index in [9.17, 15) is 18.0 Å². The summed E-state index contributed by atoms with van der Waals surface area (Å²) in [5.41, 5.74) is -0.352. The molecule has 0 atom stereocenters. The van der Waals surface area contributed by atoms with Crippen molar-refractivity contribution in [3.63, 3.8) is 0 Å². The molecule has 1 saturated carbocycles. The van der Waals surface area contributed by atoms with Crippen LogP contribution in [0.5, 0.6) is 0 Å². The van der Waals surface area contributed by atoms with E-state index in [0.717, 1.165) is 50.3 Å². The number of hydrogen-bond donors (Lipinski definition) is 1. The summed E-state index contributed by atoms with van der Waals surface area (Å²) in [4.78, 5) is 23.2. The fourth-order valence-corrected chi connectivity index (χ4v) is 6.11. The molecule has 0 amide bonds. The topological polar surface area (TPSA) is 67.4 Å². The second-order valence-corrected chi connectivity index (χ2v) is 10.4. The van der Waals surface area contributed by atoms with E-state index in [2.05, 4.69) is 20.2 Å². The van der Waals surface area contributed by atoms with E-state index in [1.54, 1.807) is 0 Å². The van der Waals surface area contributed by atoms with E-state index in [-0.39, 0.29) is 23.5 Å². The zero-order valence-electron chi connectivity index (χ0n) is 19.9. The van der Waals surface area contributed by atoms with Gasteiger partial charge in [0, 0.05) is 44.2 Å². The monoisotopic (exact) mass is 490 g/mol. The normalized spacial score (nSPS) is 24.9. The Balaban J connectivity index is 1.06. The number of fused-ring (bicyclic) bond motifs is 1. The van der Waals surface area contributed by atoms with Crippen molar-refractivity contribution >= 4 is 22.5 Å². The van der Waals surface area contributed by atoms with Crippen molar-refractivity contribution in [2.75, 3.05) is 38.2 Å². The summed E-state index contributed by atoms with van der Waals surface area (Å²) in [5.74, 6) is 2.36. The van der Waals surface area contributed by atoms with Gasteiger partial charge in [0.2, 0.25) is 0 Å². The van der Waals surface area contributed by atoms with Gasteiger partial charge in [0.15, 0.2) is 5.78 Å². The summed E-state index contributed by atoms with van der Waals surface area (Å²) >= 11 is 0. The number of nitrogens with one attached hydrogen (secondary N) is 1. The number of alkyl halides is 3. The molecule has 6 nitrogen and oxygen atoms in total. The molecule has 1 N–H and O–H groups in total. The van der Waals surface area contributed by atoms with Crippen molar-refractivity contribution in [2.45, 2.75) is 57.2 Å². The van der Waals surface area contributed by atoms with Crippen LogP contribution < -0.4 is 5.32 Å². The van der Waals surface area contributed by atoms with E-state index in [0.29, 0.717) is 23.9 Å². The highest BCUT2D eigenvalue weighted by atomic mass is 19.4. The minimum absolute atomic E-state index is 0.0507. The van der Waals surface area contributed by atoms with Gasteiger partial charge in [0.1, 0.15) is 12.1 Å². The van der Waals surface area contributed by atoms with Gasteiger partial charge in [-0.15, -0.1) is 0 Å². The van der Waals surface area contributed by atoms with Gasteiger partial charge >= 0.3 is 6.18 Å². The molecule has 0 spiro atoms. The Labute approximate surface area is 203 Å². The van der Waals surface area contributed by atoms with Gasteiger partial charge in [0.05, 0.1) is 17.6 Å². The third-order valence-electron chi connectivity index (χ3n) is 8.11. The summed E-state index contributed by atoms with van der Waals surface area (Å²) in [6.45, 7) is 3.81. The zero-order valence-corrected chi connectivity index (χ0v) is 19.9. The number of halogens is 3. The fraction of sp³-hybridized carbons (Fsp3) is 0.654. The first kappa shape index (κ1) is 24.4. The Bertz CT molecular complexity index is 1030. The highest BCUT2D eigenvalue weighted by molar-refractivity contribution is 5.91. The van der Waals surface area contributed by atoms with Crippen molar-refractivity contribution in [1.29, 1.82) is 0 Å². The van der Waals surface area contributed by atoms with Gasteiger partial charge in [0.25, 0.3) is 0 Å². The summed E-state index contributed by atoms with van der Waals surface area (Å²) in [6.07, 6.45) is 4.88. The Morgan fingerprint density at radius 1 is 1.03 bits per heavy atom. The largest absolute Gasteiger partial charge is 0.416 e. The van der Waals surface area contributed by atoms with Crippen molar-refractivity contribution < 1.29 is 22.7 Å². The van der Waals surface area contributed by atoms with Crippen LogP contribution in [0, 0.1) is 17.8 Å². The molecule has 2 saturated heterocycles. The van der Waals surface area contributed by atoms with Crippen LogP contribution >= 0.6 is 0 Å².